The Kier molecular flexibility index (Phi) is 2.85. The second kappa shape index (κ2) is 4.33. The Hall–Kier alpha value is -1.84. The molecule has 2 aromatic heterocycles. The first-order valence-electron chi connectivity index (χ1n) is 5.86. The van der Waals surface area contributed by atoms with Crippen molar-refractivity contribution in [3.8, 4) is 0 Å². The molecule has 9 heteroatoms. The Balaban J connectivity index is 2.10. The molecule has 0 aromatic carbocycles. The van der Waals surface area contributed by atoms with Crippen LogP contribution in [0, 0.1) is 0 Å². The molecule has 1 aliphatic rings. The number of nitrogen functional groups attached to an aromatic ring is 1. The van der Waals surface area contributed by atoms with E-state index in [2.05, 4.69) is 9.97 Å². The van der Waals surface area contributed by atoms with Gasteiger partial charge in [0.05, 0.1) is 18.5 Å². The summed E-state index contributed by atoms with van der Waals surface area (Å²) in [4.78, 5) is 7.74. The minimum absolute atomic E-state index is 0.113. The van der Waals surface area contributed by atoms with Crippen molar-refractivity contribution in [3.05, 3.63) is 18.6 Å². The third-order valence-electron chi connectivity index (χ3n) is 3.33. The van der Waals surface area contributed by atoms with Gasteiger partial charge in [0.25, 0.3) is 0 Å². The first-order chi connectivity index (χ1) is 9.46. The van der Waals surface area contributed by atoms with Crippen LogP contribution in [0.3, 0.4) is 0 Å². The number of anilines is 1. The number of aliphatic hydroxyl groups excluding tert-OH is 2. The van der Waals surface area contributed by atoms with Crippen LogP contribution in [-0.2, 0) is 4.74 Å². The molecule has 0 spiro atoms. The van der Waals surface area contributed by atoms with Crippen LogP contribution in [-0.4, -0.2) is 49.5 Å². The molecule has 0 amide bonds. The lowest BCUT2D eigenvalue weighted by molar-refractivity contribution is -0.138. The van der Waals surface area contributed by atoms with E-state index >= 15 is 0 Å². The molecule has 7 nitrogen and oxygen atoms in total. The van der Waals surface area contributed by atoms with Crippen LogP contribution >= 0.6 is 0 Å². The number of nitrogens with zero attached hydrogens (tertiary/aromatic N) is 3. The molecule has 3 heterocycles. The van der Waals surface area contributed by atoms with Crippen molar-refractivity contribution < 1.29 is 23.7 Å². The number of fused-ring (bicyclic) bond motifs is 1. The van der Waals surface area contributed by atoms with Gasteiger partial charge in [-0.2, -0.15) is 8.78 Å². The Labute approximate surface area is 111 Å². The van der Waals surface area contributed by atoms with Gasteiger partial charge < -0.3 is 20.7 Å². The summed E-state index contributed by atoms with van der Waals surface area (Å²) in [5, 5.41) is 18.5. The van der Waals surface area contributed by atoms with Gasteiger partial charge in [-0.25, -0.2) is 9.97 Å². The van der Waals surface area contributed by atoms with Gasteiger partial charge in [0, 0.05) is 6.20 Å². The molecule has 108 valence electrons. The Bertz CT molecular complexity index is 648. The number of pyridine rings is 1. The van der Waals surface area contributed by atoms with Crippen LogP contribution < -0.4 is 5.73 Å². The zero-order valence-corrected chi connectivity index (χ0v) is 10.1. The Morgan fingerprint density at radius 3 is 2.85 bits per heavy atom. The second-order valence-electron chi connectivity index (χ2n) is 4.54. The van der Waals surface area contributed by atoms with Gasteiger partial charge in [0.15, 0.2) is 11.9 Å². The summed E-state index contributed by atoms with van der Waals surface area (Å²) < 4.78 is 34.2. The van der Waals surface area contributed by atoms with Crippen molar-refractivity contribution in [2.75, 3.05) is 12.3 Å². The predicted octanol–water partition coefficient (Wildman–Crippen LogP) is -0.101. The van der Waals surface area contributed by atoms with E-state index in [1.807, 2.05) is 0 Å². The molecule has 0 aliphatic carbocycles. The van der Waals surface area contributed by atoms with E-state index in [-0.39, 0.29) is 11.3 Å². The van der Waals surface area contributed by atoms with Crippen LogP contribution in [0.15, 0.2) is 18.6 Å². The second-order valence-corrected chi connectivity index (χ2v) is 4.54. The first kappa shape index (κ1) is 13.2. The minimum atomic E-state index is -3.56. The number of ether oxygens (including phenoxy) is 1. The first-order valence-corrected chi connectivity index (χ1v) is 5.86. The van der Waals surface area contributed by atoms with E-state index in [0.29, 0.717) is 5.52 Å². The molecular formula is C11H12F2N4O3. The SMILES string of the molecule is Nc1nccc2c1ncn2[C@@H]1O[C@H](CO)[C@@H](O)C1(F)F. The van der Waals surface area contributed by atoms with E-state index in [9.17, 15) is 13.9 Å². The molecule has 0 bridgehead atoms. The fourth-order valence-corrected chi connectivity index (χ4v) is 2.29. The van der Waals surface area contributed by atoms with Crippen molar-refractivity contribution in [3.63, 3.8) is 0 Å². The number of rotatable bonds is 2. The summed E-state index contributed by atoms with van der Waals surface area (Å²) >= 11 is 0. The molecule has 2 aromatic rings. The van der Waals surface area contributed by atoms with Crippen molar-refractivity contribution in [2.45, 2.75) is 24.4 Å². The van der Waals surface area contributed by atoms with E-state index < -0.39 is 31.0 Å². The number of nitrogens with two attached hydrogens (primary N) is 1. The molecule has 0 radical (unpaired) electrons. The van der Waals surface area contributed by atoms with E-state index in [1.54, 1.807) is 0 Å². The molecule has 20 heavy (non-hydrogen) atoms. The van der Waals surface area contributed by atoms with Crippen molar-refractivity contribution in [2.24, 2.45) is 0 Å². The topological polar surface area (TPSA) is 106 Å². The van der Waals surface area contributed by atoms with E-state index in [0.717, 1.165) is 10.9 Å². The molecule has 0 saturated carbocycles. The van der Waals surface area contributed by atoms with Crippen LogP contribution in [0.1, 0.15) is 6.23 Å². The number of halogens is 2. The fourth-order valence-electron chi connectivity index (χ4n) is 2.29. The largest absolute Gasteiger partial charge is 0.394 e. The highest BCUT2D eigenvalue weighted by Gasteiger charge is 2.59. The highest BCUT2D eigenvalue weighted by molar-refractivity contribution is 5.84. The average molecular weight is 286 g/mol. The zero-order chi connectivity index (χ0) is 14.5. The Morgan fingerprint density at radius 1 is 1.45 bits per heavy atom. The van der Waals surface area contributed by atoms with Gasteiger partial charge in [-0.05, 0) is 6.07 Å². The normalized spacial score (nSPS) is 29.1. The summed E-state index contributed by atoms with van der Waals surface area (Å²) in [5.74, 6) is -3.44. The number of imidazole rings is 1. The van der Waals surface area contributed by atoms with Gasteiger partial charge in [0.2, 0.25) is 6.23 Å². The fraction of sp³-hybridized carbons (Fsp3) is 0.455. The van der Waals surface area contributed by atoms with Gasteiger partial charge in [-0.15, -0.1) is 0 Å². The van der Waals surface area contributed by atoms with Crippen molar-refractivity contribution in [1.29, 1.82) is 0 Å². The van der Waals surface area contributed by atoms with Gasteiger partial charge in [0.1, 0.15) is 11.6 Å². The molecule has 0 unspecified atom stereocenters. The zero-order valence-electron chi connectivity index (χ0n) is 10.1. The number of alkyl halides is 2. The molecule has 4 N–H and O–H groups in total. The number of hydrogen-bond acceptors (Lipinski definition) is 6. The summed E-state index contributed by atoms with van der Waals surface area (Å²) in [6, 6.07) is 1.47. The third kappa shape index (κ3) is 1.67. The molecular weight excluding hydrogens is 274 g/mol. The maximum atomic E-state index is 14.0. The summed E-state index contributed by atoms with van der Waals surface area (Å²) in [6.45, 7) is -0.705. The van der Waals surface area contributed by atoms with E-state index in [4.69, 9.17) is 15.6 Å². The molecule has 1 aliphatic heterocycles. The summed E-state index contributed by atoms with van der Waals surface area (Å²) in [7, 11) is 0. The van der Waals surface area contributed by atoms with Gasteiger partial charge in [-0.1, -0.05) is 0 Å². The third-order valence-corrected chi connectivity index (χ3v) is 3.33. The smallest absolute Gasteiger partial charge is 0.320 e. The highest BCUT2D eigenvalue weighted by atomic mass is 19.3. The quantitative estimate of drug-likeness (QED) is 0.711. The maximum Gasteiger partial charge on any atom is 0.320 e. The predicted molar refractivity (Wildman–Crippen MR) is 63.9 cm³/mol. The molecule has 1 fully saturated rings. The average Bonchev–Trinajstić information content (AvgIpc) is 2.92. The lowest BCUT2D eigenvalue weighted by atomic mass is 10.1. The van der Waals surface area contributed by atoms with E-state index in [1.165, 1.54) is 12.3 Å². The van der Waals surface area contributed by atoms with Crippen LogP contribution in [0.5, 0.6) is 0 Å². The molecule has 3 rings (SSSR count). The van der Waals surface area contributed by atoms with Gasteiger partial charge >= 0.3 is 5.92 Å². The number of hydrogen-bond donors (Lipinski definition) is 3. The van der Waals surface area contributed by atoms with Gasteiger partial charge in [-0.3, -0.25) is 4.57 Å². The molecule has 3 atom stereocenters. The van der Waals surface area contributed by atoms with Crippen LogP contribution in [0.2, 0.25) is 0 Å². The minimum Gasteiger partial charge on any atom is -0.394 e. The summed E-state index contributed by atoms with van der Waals surface area (Å²) in [5.41, 5.74) is 6.20. The van der Waals surface area contributed by atoms with Crippen LogP contribution in [0.4, 0.5) is 14.6 Å². The standard InChI is InChI=1S/C11H12F2N4O3/c12-11(13)8(19)6(3-18)20-10(11)17-4-16-7-5(17)1-2-15-9(7)14/h1-2,4,6,8,10,18-19H,3H2,(H2,14,15)/t6-,8-,10-/m1/s1. The van der Waals surface area contributed by atoms with Crippen LogP contribution in [0.25, 0.3) is 11.0 Å². The highest BCUT2D eigenvalue weighted by Crippen LogP contribution is 2.43. The summed E-state index contributed by atoms with van der Waals surface area (Å²) in [6.07, 6.45) is -2.70. The lowest BCUT2D eigenvalue weighted by Gasteiger charge is -2.21. The number of aliphatic hydroxyl groups is 2. The number of aromatic nitrogens is 3. The Morgan fingerprint density at radius 2 is 2.20 bits per heavy atom. The van der Waals surface area contributed by atoms with Crippen molar-refractivity contribution in [1.82, 2.24) is 14.5 Å². The van der Waals surface area contributed by atoms with Crippen molar-refractivity contribution >= 4 is 16.9 Å². The molecule has 1 saturated heterocycles. The lowest BCUT2D eigenvalue weighted by Crippen LogP contribution is -2.39. The monoisotopic (exact) mass is 286 g/mol. The maximum absolute atomic E-state index is 14.0.